The van der Waals surface area contributed by atoms with Crippen molar-refractivity contribution in [2.24, 2.45) is 0 Å². The fourth-order valence-corrected chi connectivity index (χ4v) is 3.04. The van der Waals surface area contributed by atoms with E-state index in [1.807, 2.05) is 37.3 Å². The van der Waals surface area contributed by atoms with E-state index in [0.717, 1.165) is 10.9 Å². The van der Waals surface area contributed by atoms with E-state index < -0.39 is 0 Å². The highest BCUT2D eigenvalue weighted by molar-refractivity contribution is 5.86. The lowest BCUT2D eigenvalue weighted by atomic mass is 10.1. The highest BCUT2D eigenvalue weighted by Crippen LogP contribution is 2.37. The van der Waals surface area contributed by atoms with Crippen LogP contribution in [0.25, 0.3) is 20.6 Å². The van der Waals surface area contributed by atoms with Crippen molar-refractivity contribution in [2.75, 3.05) is 0 Å². The first-order chi connectivity index (χ1) is 15.1. The van der Waals surface area contributed by atoms with Gasteiger partial charge in [-0.15, -0.1) is 0 Å². The van der Waals surface area contributed by atoms with Crippen molar-refractivity contribution in [3.05, 3.63) is 101 Å². The van der Waals surface area contributed by atoms with E-state index in [9.17, 15) is 5.26 Å². The molecule has 4 aromatic rings. The molecule has 0 saturated carbocycles. The Morgan fingerprint density at radius 3 is 2.39 bits per heavy atom. The van der Waals surface area contributed by atoms with Gasteiger partial charge in [-0.2, -0.15) is 5.26 Å². The SMILES string of the molecule is [C-]#[N+]c1ccc(Oc2cc(Oc3ccc(C)c(C#N)c3)c3ccccc3n2)cc1[N+]#[C-]. The summed E-state index contributed by atoms with van der Waals surface area (Å²) in [5.41, 5.74) is 2.57. The molecule has 0 bridgehead atoms. The first-order valence-corrected chi connectivity index (χ1v) is 9.26. The third-order valence-corrected chi connectivity index (χ3v) is 4.62. The predicted octanol–water partition coefficient (Wildman–Crippen LogP) is 7.10. The van der Waals surface area contributed by atoms with Crippen LogP contribution in [0.2, 0.25) is 0 Å². The second kappa shape index (κ2) is 8.25. The number of nitrogens with zero attached hydrogens (tertiary/aromatic N) is 4. The molecule has 0 radical (unpaired) electrons. The molecular formula is C25H14N4O2. The van der Waals surface area contributed by atoms with Crippen LogP contribution < -0.4 is 9.47 Å². The van der Waals surface area contributed by atoms with Crippen LogP contribution in [0.3, 0.4) is 0 Å². The maximum Gasteiger partial charge on any atom is 0.223 e. The van der Waals surface area contributed by atoms with Crippen LogP contribution in [0.5, 0.6) is 23.1 Å². The zero-order valence-electron chi connectivity index (χ0n) is 16.5. The molecule has 146 valence electrons. The van der Waals surface area contributed by atoms with Crippen LogP contribution in [0.4, 0.5) is 11.4 Å². The van der Waals surface area contributed by atoms with E-state index in [1.54, 1.807) is 30.3 Å². The molecule has 0 unspecified atom stereocenters. The van der Waals surface area contributed by atoms with Crippen molar-refractivity contribution in [3.63, 3.8) is 0 Å². The average molecular weight is 402 g/mol. The van der Waals surface area contributed by atoms with Crippen molar-refractivity contribution in [3.8, 4) is 29.2 Å². The van der Waals surface area contributed by atoms with Gasteiger partial charge in [0, 0.05) is 11.5 Å². The molecule has 1 aromatic heterocycles. The summed E-state index contributed by atoms with van der Waals surface area (Å²) in [6.07, 6.45) is 0. The minimum Gasteiger partial charge on any atom is -0.456 e. The first kappa shape index (κ1) is 19.5. The normalized spacial score (nSPS) is 10.0. The van der Waals surface area contributed by atoms with Crippen LogP contribution in [-0.4, -0.2) is 4.98 Å². The van der Waals surface area contributed by atoms with Gasteiger partial charge in [-0.25, -0.2) is 9.83 Å². The number of hydrogen-bond donors (Lipinski definition) is 0. The zero-order valence-corrected chi connectivity index (χ0v) is 16.5. The number of aryl methyl sites for hydroxylation is 1. The van der Waals surface area contributed by atoms with Gasteiger partial charge >= 0.3 is 0 Å². The standard InChI is InChI=1S/C25H14N4O2/c1-16-8-9-18(12-17(16)15-26)30-24-14-25(29-21-7-5-4-6-20(21)24)31-19-10-11-22(27-2)23(13-19)28-3/h4-14H,1H3. The van der Waals surface area contributed by atoms with Gasteiger partial charge in [-0.1, -0.05) is 24.3 Å². The highest BCUT2D eigenvalue weighted by Gasteiger charge is 2.12. The van der Waals surface area contributed by atoms with E-state index in [2.05, 4.69) is 20.7 Å². The number of benzene rings is 3. The number of ether oxygens (including phenoxy) is 2. The molecular weight excluding hydrogens is 388 g/mol. The highest BCUT2D eigenvalue weighted by atomic mass is 16.5. The molecule has 0 saturated heterocycles. The molecule has 0 aliphatic rings. The van der Waals surface area contributed by atoms with Crippen molar-refractivity contribution >= 4 is 22.3 Å². The first-order valence-electron chi connectivity index (χ1n) is 9.26. The molecule has 1 heterocycles. The van der Waals surface area contributed by atoms with Crippen LogP contribution in [-0.2, 0) is 0 Å². The van der Waals surface area contributed by atoms with Gasteiger partial charge in [0.05, 0.1) is 30.3 Å². The lowest BCUT2D eigenvalue weighted by Crippen LogP contribution is -1.93. The summed E-state index contributed by atoms with van der Waals surface area (Å²) in [6, 6.07) is 21.3. The Hall–Kier alpha value is -4.86. The molecule has 0 spiro atoms. The monoisotopic (exact) mass is 402 g/mol. The van der Waals surface area contributed by atoms with Crippen molar-refractivity contribution in [1.82, 2.24) is 4.98 Å². The fourth-order valence-electron chi connectivity index (χ4n) is 3.04. The van der Waals surface area contributed by atoms with Crippen molar-refractivity contribution in [2.45, 2.75) is 6.92 Å². The van der Waals surface area contributed by atoms with Gasteiger partial charge in [-0.05, 0) is 48.9 Å². The Bertz CT molecular complexity index is 1440. The van der Waals surface area contributed by atoms with Crippen LogP contribution >= 0.6 is 0 Å². The maximum absolute atomic E-state index is 9.29. The second-order valence-corrected chi connectivity index (χ2v) is 6.64. The zero-order chi connectivity index (χ0) is 21.8. The number of fused-ring (bicyclic) bond motifs is 1. The number of pyridine rings is 1. The van der Waals surface area contributed by atoms with E-state index >= 15 is 0 Å². The summed E-state index contributed by atoms with van der Waals surface area (Å²) in [5.74, 6) is 1.74. The van der Waals surface area contributed by atoms with Crippen LogP contribution in [0, 0.1) is 31.4 Å². The molecule has 6 nitrogen and oxygen atoms in total. The average Bonchev–Trinajstić information content (AvgIpc) is 2.80. The summed E-state index contributed by atoms with van der Waals surface area (Å²) in [7, 11) is 0. The largest absolute Gasteiger partial charge is 0.456 e. The minimum absolute atomic E-state index is 0.216. The lowest BCUT2D eigenvalue weighted by molar-refractivity contribution is 0.451. The van der Waals surface area contributed by atoms with Crippen molar-refractivity contribution < 1.29 is 9.47 Å². The topological polar surface area (TPSA) is 63.9 Å². The molecule has 3 aromatic carbocycles. The van der Waals surface area contributed by atoms with Gasteiger partial charge in [0.2, 0.25) is 5.88 Å². The Balaban J connectivity index is 1.75. The van der Waals surface area contributed by atoms with Gasteiger partial charge in [0.15, 0.2) is 11.4 Å². The van der Waals surface area contributed by atoms with Gasteiger partial charge in [0.1, 0.15) is 17.2 Å². The van der Waals surface area contributed by atoms with Crippen LogP contribution in [0.1, 0.15) is 11.1 Å². The Morgan fingerprint density at radius 1 is 0.871 bits per heavy atom. The van der Waals surface area contributed by atoms with E-state index in [0.29, 0.717) is 28.3 Å². The Morgan fingerprint density at radius 2 is 1.61 bits per heavy atom. The molecule has 6 heteroatoms. The quantitative estimate of drug-likeness (QED) is 0.342. The Labute approximate surface area is 179 Å². The van der Waals surface area contributed by atoms with E-state index in [4.69, 9.17) is 22.6 Å². The molecule has 4 rings (SSSR count). The van der Waals surface area contributed by atoms with Gasteiger partial charge in [-0.3, -0.25) is 4.85 Å². The molecule has 0 fully saturated rings. The number of nitriles is 1. The van der Waals surface area contributed by atoms with Crippen LogP contribution in [0.15, 0.2) is 66.7 Å². The minimum atomic E-state index is 0.216. The predicted molar refractivity (Wildman–Crippen MR) is 117 cm³/mol. The Kier molecular flexibility index (Phi) is 5.18. The molecule has 0 aliphatic carbocycles. The lowest BCUT2D eigenvalue weighted by Gasteiger charge is -2.13. The molecule has 0 N–H and O–H groups in total. The molecule has 31 heavy (non-hydrogen) atoms. The summed E-state index contributed by atoms with van der Waals surface area (Å²) < 4.78 is 12.0. The summed E-state index contributed by atoms with van der Waals surface area (Å²) >= 11 is 0. The van der Waals surface area contributed by atoms with Crippen molar-refractivity contribution in [1.29, 1.82) is 5.26 Å². The fraction of sp³-hybridized carbons (Fsp3) is 0.0400. The summed E-state index contributed by atoms with van der Waals surface area (Å²) in [6.45, 7) is 16.3. The second-order valence-electron chi connectivity index (χ2n) is 6.64. The smallest absolute Gasteiger partial charge is 0.223 e. The van der Waals surface area contributed by atoms with Gasteiger partial charge < -0.3 is 9.47 Å². The third kappa shape index (κ3) is 3.98. The van der Waals surface area contributed by atoms with E-state index in [1.165, 1.54) is 6.07 Å². The summed E-state index contributed by atoms with van der Waals surface area (Å²) in [5, 5.41) is 10.1. The molecule has 0 atom stereocenters. The third-order valence-electron chi connectivity index (χ3n) is 4.62. The maximum atomic E-state index is 9.29. The molecule has 0 amide bonds. The van der Waals surface area contributed by atoms with E-state index in [-0.39, 0.29) is 17.3 Å². The number of para-hydroxylation sites is 1. The number of rotatable bonds is 4. The number of aromatic nitrogens is 1. The van der Waals surface area contributed by atoms with Gasteiger partial charge in [0.25, 0.3) is 0 Å². The summed E-state index contributed by atoms with van der Waals surface area (Å²) in [4.78, 5) is 11.2. The number of hydrogen-bond acceptors (Lipinski definition) is 4. The molecule has 0 aliphatic heterocycles.